The van der Waals surface area contributed by atoms with Gasteiger partial charge in [-0.3, -0.25) is 14.8 Å². The molecule has 0 aliphatic carbocycles. The van der Waals surface area contributed by atoms with E-state index in [9.17, 15) is 18.0 Å². The molecule has 0 aromatic heterocycles. The number of rotatable bonds is 10. The molecule has 1 aromatic carbocycles. The Kier molecular flexibility index (Phi) is 9.73. The standard InChI is InChI=1S/C15H20Cl2N2O5S2/c1-26(23,24)25-6-2-5-18-14(20)7-10(8-15(21)19-22)12-4-3-11(16)9-13(12)17/h3-4,9-10,22H,2,5-8H2,1H3,(H,18,20)(H,19,21)/t10-/m0/s1. The quantitative estimate of drug-likeness (QED) is 0.222. The number of halogens is 2. The van der Waals surface area contributed by atoms with E-state index in [0.717, 1.165) is 17.0 Å². The van der Waals surface area contributed by atoms with E-state index in [1.165, 1.54) is 6.07 Å². The molecule has 11 heteroatoms. The number of hydrogen-bond donors (Lipinski definition) is 3. The van der Waals surface area contributed by atoms with E-state index in [1.54, 1.807) is 17.6 Å². The minimum atomic E-state index is -3.09. The van der Waals surface area contributed by atoms with Gasteiger partial charge in [0.15, 0.2) is 8.87 Å². The van der Waals surface area contributed by atoms with Crippen LogP contribution in [-0.4, -0.2) is 44.0 Å². The van der Waals surface area contributed by atoms with Gasteiger partial charge in [-0.25, -0.2) is 13.9 Å². The molecule has 0 spiro atoms. The molecule has 1 rings (SSSR count). The molecule has 0 saturated heterocycles. The van der Waals surface area contributed by atoms with Gasteiger partial charge < -0.3 is 5.32 Å². The summed E-state index contributed by atoms with van der Waals surface area (Å²) in [7, 11) is -2.27. The van der Waals surface area contributed by atoms with Crippen molar-refractivity contribution < 1.29 is 23.2 Å². The minimum absolute atomic E-state index is 0.0198. The summed E-state index contributed by atoms with van der Waals surface area (Å²) >= 11 is 12.0. The average Bonchev–Trinajstić information content (AvgIpc) is 2.52. The molecule has 0 unspecified atom stereocenters. The summed E-state index contributed by atoms with van der Waals surface area (Å²) in [5.74, 6) is -1.12. The van der Waals surface area contributed by atoms with Crippen molar-refractivity contribution in [2.24, 2.45) is 0 Å². The number of hydroxylamine groups is 1. The van der Waals surface area contributed by atoms with Crippen LogP contribution < -0.4 is 10.8 Å². The fraction of sp³-hybridized carbons (Fsp3) is 0.467. The Hall–Kier alpha value is -1.000. The molecule has 0 aliphatic rings. The fourth-order valence-corrected chi connectivity index (χ4v) is 4.59. The van der Waals surface area contributed by atoms with Crippen molar-refractivity contribution in [3.63, 3.8) is 0 Å². The van der Waals surface area contributed by atoms with E-state index in [2.05, 4.69) is 5.32 Å². The molecule has 0 bridgehead atoms. The van der Waals surface area contributed by atoms with Crippen LogP contribution in [0.15, 0.2) is 18.2 Å². The van der Waals surface area contributed by atoms with Crippen LogP contribution in [-0.2, 0) is 18.5 Å². The third kappa shape index (κ3) is 9.09. The normalized spacial score (nSPS) is 12.5. The Morgan fingerprint density at radius 3 is 2.46 bits per heavy atom. The van der Waals surface area contributed by atoms with Gasteiger partial charge in [0.05, 0.1) is 0 Å². The first-order valence-corrected chi connectivity index (χ1v) is 11.8. The lowest BCUT2D eigenvalue weighted by molar-refractivity contribution is -0.129. The van der Waals surface area contributed by atoms with Gasteiger partial charge in [-0.1, -0.05) is 29.3 Å². The van der Waals surface area contributed by atoms with Gasteiger partial charge in [0.25, 0.3) is 0 Å². The second-order valence-corrected chi connectivity index (χ2v) is 11.0. The summed E-state index contributed by atoms with van der Waals surface area (Å²) in [5.41, 5.74) is 2.12. The lowest BCUT2D eigenvalue weighted by atomic mass is 9.91. The Morgan fingerprint density at radius 2 is 1.88 bits per heavy atom. The monoisotopic (exact) mass is 442 g/mol. The lowest BCUT2D eigenvalue weighted by Crippen LogP contribution is -2.28. The van der Waals surface area contributed by atoms with Crippen LogP contribution >= 0.6 is 34.0 Å². The molecule has 7 nitrogen and oxygen atoms in total. The van der Waals surface area contributed by atoms with Crippen molar-refractivity contribution in [1.82, 2.24) is 10.8 Å². The third-order valence-corrected chi connectivity index (χ3v) is 6.56. The highest BCUT2D eigenvalue weighted by molar-refractivity contribution is 8.71. The number of hydrogen-bond acceptors (Lipinski definition) is 6. The van der Waals surface area contributed by atoms with E-state index < -0.39 is 20.7 Å². The smallest absolute Gasteiger partial charge is 0.243 e. The second-order valence-electron chi connectivity index (χ2n) is 5.54. The molecule has 26 heavy (non-hydrogen) atoms. The van der Waals surface area contributed by atoms with Gasteiger partial charge in [0.2, 0.25) is 11.8 Å². The average molecular weight is 443 g/mol. The van der Waals surface area contributed by atoms with Crippen LogP contribution in [0.5, 0.6) is 0 Å². The highest BCUT2D eigenvalue weighted by Crippen LogP contribution is 2.31. The van der Waals surface area contributed by atoms with Crippen molar-refractivity contribution in [2.75, 3.05) is 18.6 Å². The molecule has 1 aromatic rings. The van der Waals surface area contributed by atoms with Crippen molar-refractivity contribution >= 4 is 54.7 Å². The maximum absolute atomic E-state index is 12.1. The molecule has 0 radical (unpaired) electrons. The summed E-state index contributed by atoms with van der Waals surface area (Å²) in [6.45, 7) is 0.314. The van der Waals surface area contributed by atoms with Gasteiger partial charge in [0, 0.05) is 47.4 Å². The molecule has 146 valence electrons. The molecule has 0 heterocycles. The van der Waals surface area contributed by atoms with E-state index in [-0.39, 0.29) is 18.7 Å². The van der Waals surface area contributed by atoms with Crippen molar-refractivity contribution in [1.29, 1.82) is 0 Å². The van der Waals surface area contributed by atoms with Gasteiger partial charge in [-0.15, -0.1) is 0 Å². The third-order valence-electron chi connectivity index (χ3n) is 3.33. The van der Waals surface area contributed by atoms with Crippen molar-refractivity contribution in [3.8, 4) is 0 Å². The summed E-state index contributed by atoms with van der Waals surface area (Å²) < 4.78 is 22.0. The second kappa shape index (κ2) is 11.0. The Balaban J connectivity index is 2.65. The van der Waals surface area contributed by atoms with Crippen LogP contribution in [0.25, 0.3) is 0 Å². The molecule has 1 atom stereocenters. The van der Waals surface area contributed by atoms with E-state index in [0.29, 0.717) is 34.3 Å². The van der Waals surface area contributed by atoms with E-state index >= 15 is 0 Å². The molecule has 0 saturated carbocycles. The van der Waals surface area contributed by atoms with E-state index in [1.807, 2.05) is 0 Å². The predicted octanol–water partition coefficient (Wildman–Crippen LogP) is 2.56. The van der Waals surface area contributed by atoms with Gasteiger partial charge in [-0.05, 0) is 34.9 Å². The zero-order chi connectivity index (χ0) is 19.7. The summed E-state index contributed by atoms with van der Waals surface area (Å²) in [4.78, 5) is 23.7. The summed E-state index contributed by atoms with van der Waals surface area (Å²) in [6.07, 6.45) is 1.47. The van der Waals surface area contributed by atoms with Gasteiger partial charge in [0.1, 0.15) is 0 Å². The predicted molar refractivity (Wildman–Crippen MR) is 103 cm³/mol. The zero-order valence-electron chi connectivity index (χ0n) is 14.0. The fourth-order valence-electron chi connectivity index (χ4n) is 2.20. The summed E-state index contributed by atoms with van der Waals surface area (Å²) in [6, 6.07) is 4.76. The minimum Gasteiger partial charge on any atom is -0.356 e. The maximum Gasteiger partial charge on any atom is 0.243 e. The highest BCUT2D eigenvalue weighted by atomic mass is 35.5. The number of carbonyl (C=O) groups is 2. The first-order chi connectivity index (χ1) is 12.1. The first-order valence-electron chi connectivity index (χ1n) is 7.61. The molecule has 0 aliphatic heterocycles. The summed E-state index contributed by atoms with van der Waals surface area (Å²) in [5, 5.41) is 12.2. The van der Waals surface area contributed by atoms with Crippen LogP contribution in [0.2, 0.25) is 10.0 Å². The number of carbonyl (C=O) groups excluding carboxylic acids is 2. The lowest BCUT2D eigenvalue weighted by Gasteiger charge is -2.18. The largest absolute Gasteiger partial charge is 0.356 e. The Morgan fingerprint density at radius 1 is 1.23 bits per heavy atom. The van der Waals surface area contributed by atoms with E-state index in [4.69, 9.17) is 28.4 Å². The Bertz CT molecular complexity index is 744. The maximum atomic E-state index is 12.1. The number of nitrogens with one attached hydrogen (secondary N) is 2. The SMILES string of the molecule is CS(=O)(=O)SCCCNC(=O)C[C@@H](CC(=O)NO)c1ccc(Cl)cc1Cl. The molecular weight excluding hydrogens is 423 g/mol. The molecule has 3 N–H and O–H groups in total. The van der Waals surface area contributed by atoms with Crippen LogP contribution in [0.1, 0.15) is 30.7 Å². The number of amides is 2. The topological polar surface area (TPSA) is 113 Å². The first kappa shape index (κ1) is 23.0. The van der Waals surface area contributed by atoms with Crippen LogP contribution in [0, 0.1) is 0 Å². The molecule has 2 amide bonds. The van der Waals surface area contributed by atoms with Crippen molar-refractivity contribution in [3.05, 3.63) is 33.8 Å². The van der Waals surface area contributed by atoms with Crippen LogP contribution in [0.3, 0.4) is 0 Å². The van der Waals surface area contributed by atoms with Crippen molar-refractivity contribution in [2.45, 2.75) is 25.2 Å². The van der Waals surface area contributed by atoms with Gasteiger partial charge >= 0.3 is 0 Å². The zero-order valence-corrected chi connectivity index (χ0v) is 17.1. The Labute approximate surface area is 166 Å². The number of benzene rings is 1. The van der Waals surface area contributed by atoms with Gasteiger partial charge in [-0.2, -0.15) is 0 Å². The highest BCUT2D eigenvalue weighted by Gasteiger charge is 2.22. The molecule has 0 fully saturated rings. The van der Waals surface area contributed by atoms with Crippen LogP contribution in [0.4, 0.5) is 0 Å². The molecular formula is C15H20Cl2N2O5S2.